The van der Waals surface area contributed by atoms with Gasteiger partial charge in [-0.15, -0.1) is 0 Å². The summed E-state index contributed by atoms with van der Waals surface area (Å²) >= 11 is 0. The standard InChI is InChI=1S/C8H18N2O2.C2H6/c1-9-2-3-10(4-5-11)8(6-9)7-12;1-2/h8,11-12H,2-7H2,1H3;1-2H3. The topological polar surface area (TPSA) is 46.9 Å². The molecule has 1 unspecified atom stereocenters. The highest BCUT2D eigenvalue weighted by Gasteiger charge is 2.23. The van der Waals surface area contributed by atoms with Gasteiger partial charge in [0.25, 0.3) is 0 Å². The van der Waals surface area contributed by atoms with E-state index in [9.17, 15) is 0 Å². The van der Waals surface area contributed by atoms with Crippen molar-refractivity contribution in [3.63, 3.8) is 0 Å². The maximum Gasteiger partial charge on any atom is 0.0599 e. The van der Waals surface area contributed by atoms with Crippen LogP contribution in [0.5, 0.6) is 0 Å². The molecule has 0 bridgehead atoms. The molecule has 0 spiro atoms. The zero-order chi connectivity index (χ0) is 11.0. The highest BCUT2D eigenvalue weighted by Crippen LogP contribution is 2.06. The summed E-state index contributed by atoms with van der Waals surface area (Å²) in [6.07, 6.45) is 0. The predicted octanol–water partition coefficient (Wildman–Crippen LogP) is -0.387. The number of likely N-dealkylation sites (N-methyl/N-ethyl adjacent to an activating group) is 1. The smallest absolute Gasteiger partial charge is 0.0599 e. The number of aliphatic hydroxyl groups excluding tert-OH is 2. The third-order valence-electron chi connectivity index (χ3n) is 2.41. The normalized spacial score (nSPS) is 24.2. The molecule has 1 aliphatic heterocycles. The number of β-amino-alcohol motifs (C(OH)–C–C–N with tert-alkyl or cyclic N) is 1. The van der Waals surface area contributed by atoms with Crippen molar-refractivity contribution in [1.82, 2.24) is 9.80 Å². The zero-order valence-electron chi connectivity index (χ0n) is 9.61. The van der Waals surface area contributed by atoms with Gasteiger partial charge in [-0.3, -0.25) is 4.90 Å². The summed E-state index contributed by atoms with van der Waals surface area (Å²) < 4.78 is 0. The Morgan fingerprint density at radius 3 is 2.36 bits per heavy atom. The Bertz CT molecular complexity index is 133. The van der Waals surface area contributed by atoms with Gasteiger partial charge in [0, 0.05) is 32.2 Å². The second-order valence-electron chi connectivity index (χ2n) is 3.36. The van der Waals surface area contributed by atoms with E-state index in [0.29, 0.717) is 6.54 Å². The van der Waals surface area contributed by atoms with Gasteiger partial charge < -0.3 is 15.1 Å². The van der Waals surface area contributed by atoms with E-state index in [1.807, 2.05) is 13.8 Å². The molecule has 1 aliphatic rings. The molecule has 4 nitrogen and oxygen atoms in total. The van der Waals surface area contributed by atoms with E-state index >= 15 is 0 Å². The first-order valence-corrected chi connectivity index (χ1v) is 5.42. The molecule has 1 rings (SSSR count). The third-order valence-corrected chi connectivity index (χ3v) is 2.41. The molecule has 2 N–H and O–H groups in total. The fraction of sp³-hybridized carbons (Fsp3) is 1.00. The minimum absolute atomic E-state index is 0.181. The SMILES string of the molecule is CC.CN1CCN(CCO)C(CO)C1. The molecule has 0 radical (unpaired) electrons. The van der Waals surface area contributed by atoms with Crippen molar-refractivity contribution in [1.29, 1.82) is 0 Å². The molecule has 1 saturated heterocycles. The molecule has 0 saturated carbocycles. The van der Waals surface area contributed by atoms with Gasteiger partial charge in [-0.1, -0.05) is 13.8 Å². The van der Waals surface area contributed by atoms with Crippen molar-refractivity contribution in [2.45, 2.75) is 19.9 Å². The molecule has 4 heteroatoms. The van der Waals surface area contributed by atoms with Crippen molar-refractivity contribution in [2.75, 3.05) is 46.4 Å². The van der Waals surface area contributed by atoms with Gasteiger partial charge in [-0.25, -0.2) is 0 Å². The van der Waals surface area contributed by atoms with Gasteiger partial charge in [0.05, 0.1) is 13.2 Å². The van der Waals surface area contributed by atoms with Crippen LogP contribution in [0.2, 0.25) is 0 Å². The van der Waals surface area contributed by atoms with Crippen molar-refractivity contribution in [2.24, 2.45) is 0 Å². The van der Waals surface area contributed by atoms with Gasteiger partial charge in [-0.05, 0) is 7.05 Å². The molecule has 1 fully saturated rings. The second kappa shape index (κ2) is 8.17. The van der Waals surface area contributed by atoms with Gasteiger partial charge in [0.1, 0.15) is 0 Å². The Kier molecular flexibility index (Phi) is 8.08. The summed E-state index contributed by atoms with van der Waals surface area (Å²) in [5, 5.41) is 17.8. The van der Waals surface area contributed by atoms with Crippen LogP contribution in [-0.2, 0) is 0 Å². The average Bonchev–Trinajstić information content (AvgIpc) is 2.24. The number of aliphatic hydroxyl groups is 2. The van der Waals surface area contributed by atoms with Crippen LogP contribution >= 0.6 is 0 Å². The average molecular weight is 204 g/mol. The molecule has 0 aromatic rings. The van der Waals surface area contributed by atoms with Gasteiger partial charge >= 0.3 is 0 Å². The quantitative estimate of drug-likeness (QED) is 0.657. The van der Waals surface area contributed by atoms with Crippen molar-refractivity contribution in [3.05, 3.63) is 0 Å². The lowest BCUT2D eigenvalue weighted by Gasteiger charge is -2.38. The summed E-state index contributed by atoms with van der Waals surface area (Å²) in [4.78, 5) is 4.34. The van der Waals surface area contributed by atoms with E-state index in [0.717, 1.165) is 19.6 Å². The molecular formula is C10H24N2O2. The fourth-order valence-electron chi connectivity index (χ4n) is 1.64. The van der Waals surface area contributed by atoms with E-state index in [1.165, 1.54) is 0 Å². The van der Waals surface area contributed by atoms with Crippen LogP contribution in [0.4, 0.5) is 0 Å². The monoisotopic (exact) mass is 204 g/mol. The molecule has 0 amide bonds. The number of hydrogen-bond acceptors (Lipinski definition) is 4. The van der Waals surface area contributed by atoms with E-state index in [4.69, 9.17) is 10.2 Å². The molecule has 0 aromatic carbocycles. The molecular weight excluding hydrogens is 180 g/mol. The van der Waals surface area contributed by atoms with Crippen molar-refractivity contribution in [3.8, 4) is 0 Å². The second-order valence-corrected chi connectivity index (χ2v) is 3.36. The lowest BCUT2D eigenvalue weighted by Crippen LogP contribution is -2.54. The van der Waals surface area contributed by atoms with Crippen LogP contribution in [-0.4, -0.2) is 72.5 Å². The summed E-state index contributed by atoms with van der Waals surface area (Å²) in [7, 11) is 2.05. The first-order valence-electron chi connectivity index (χ1n) is 5.42. The van der Waals surface area contributed by atoms with Crippen LogP contribution in [0.1, 0.15) is 13.8 Å². The molecule has 1 heterocycles. The fourth-order valence-corrected chi connectivity index (χ4v) is 1.64. The third kappa shape index (κ3) is 4.37. The molecule has 0 aromatic heterocycles. The number of nitrogens with zero attached hydrogens (tertiary/aromatic N) is 2. The van der Waals surface area contributed by atoms with E-state index in [-0.39, 0.29) is 19.3 Å². The molecule has 1 atom stereocenters. The number of piperazine rings is 1. The number of hydrogen-bond donors (Lipinski definition) is 2. The van der Waals surface area contributed by atoms with Gasteiger partial charge in [0.15, 0.2) is 0 Å². The van der Waals surface area contributed by atoms with Gasteiger partial charge in [0.2, 0.25) is 0 Å². The molecule has 14 heavy (non-hydrogen) atoms. The van der Waals surface area contributed by atoms with E-state index < -0.39 is 0 Å². The van der Waals surface area contributed by atoms with Crippen molar-refractivity contribution < 1.29 is 10.2 Å². The highest BCUT2D eigenvalue weighted by molar-refractivity contribution is 4.79. The van der Waals surface area contributed by atoms with Crippen LogP contribution in [0.25, 0.3) is 0 Å². The van der Waals surface area contributed by atoms with Gasteiger partial charge in [-0.2, -0.15) is 0 Å². The van der Waals surface area contributed by atoms with Crippen molar-refractivity contribution >= 4 is 0 Å². The highest BCUT2D eigenvalue weighted by atomic mass is 16.3. The lowest BCUT2D eigenvalue weighted by atomic mass is 10.2. The maximum atomic E-state index is 9.06. The first kappa shape index (κ1) is 13.8. The van der Waals surface area contributed by atoms with Crippen LogP contribution in [0.15, 0.2) is 0 Å². The summed E-state index contributed by atoms with van der Waals surface area (Å²) in [5.74, 6) is 0. The Morgan fingerprint density at radius 2 is 1.86 bits per heavy atom. The van der Waals surface area contributed by atoms with Crippen LogP contribution < -0.4 is 0 Å². The Labute approximate surface area is 87.1 Å². The maximum absolute atomic E-state index is 9.06. The zero-order valence-corrected chi connectivity index (χ0v) is 9.61. The van der Waals surface area contributed by atoms with Crippen LogP contribution in [0.3, 0.4) is 0 Å². The number of rotatable bonds is 3. The predicted molar refractivity (Wildman–Crippen MR) is 58.4 cm³/mol. The minimum Gasteiger partial charge on any atom is -0.395 e. The molecule has 0 aliphatic carbocycles. The summed E-state index contributed by atoms with van der Waals surface area (Å²) in [6, 6.07) is 0.205. The Balaban J connectivity index is 0.000000791. The summed E-state index contributed by atoms with van der Waals surface area (Å²) in [6.45, 7) is 7.92. The minimum atomic E-state index is 0.181. The largest absolute Gasteiger partial charge is 0.395 e. The Morgan fingerprint density at radius 1 is 1.21 bits per heavy atom. The summed E-state index contributed by atoms with van der Waals surface area (Å²) in [5.41, 5.74) is 0. The van der Waals surface area contributed by atoms with Crippen LogP contribution in [0, 0.1) is 0 Å². The lowest BCUT2D eigenvalue weighted by molar-refractivity contribution is 0.0399. The molecule has 86 valence electrons. The first-order chi connectivity index (χ1) is 6.77. The van der Waals surface area contributed by atoms with E-state index in [1.54, 1.807) is 0 Å². The Hall–Kier alpha value is -0.160. The van der Waals surface area contributed by atoms with E-state index in [2.05, 4.69) is 16.8 Å².